The molecule has 1 saturated carbocycles. The molecule has 0 aromatic heterocycles. The smallest absolute Gasteiger partial charge is 0.191 e. The molecule has 3 rings (SSSR count). The molecular formula is C25H42N4O3. The van der Waals surface area contributed by atoms with Crippen LogP contribution in [0.15, 0.2) is 23.2 Å². The molecule has 0 amide bonds. The molecule has 1 aromatic rings. The van der Waals surface area contributed by atoms with Crippen molar-refractivity contribution in [3.63, 3.8) is 0 Å². The fourth-order valence-electron chi connectivity index (χ4n) is 5.12. The average Bonchev–Trinajstić information content (AvgIpc) is 2.86. The highest BCUT2D eigenvalue weighted by molar-refractivity contribution is 5.80. The van der Waals surface area contributed by atoms with E-state index in [9.17, 15) is 0 Å². The zero-order valence-corrected chi connectivity index (χ0v) is 20.4. The van der Waals surface area contributed by atoms with Gasteiger partial charge in [0.1, 0.15) is 0 Å². The van der Waals surface area contributed by atoms with Crippen molar-refractivity contribution in [1.29, 1.82) is 0 Å². The van der Waals surface area contributed by atoms with Gasteiger partial charge in [0.25, 0.3) is 0 Å². The molecule has 1 aliphatic heterocycles. The van der Waals surface area contributed by atoms with E-state index >= 15 is 0 Å². The van der Waals surface area contributed by atoms with Crippen LogP contribution in [-0.2, 0) is 10.2 Å². The molecule has 2 N–H and O–H groups in total. The van der Waals surface area contributed by atoms with Gasteiger partial charge in [0.2, 0.25) is 0 Å². The van der Waals surface area contributed by atoms with Gasteiger partial charge in [-0.15, -0.1) is 0 Å². The van der Waals surface area contributed by atoms with Crippen LogP contribution >= 0.6 is 0 Å². The number of benzene rings is 1. The zero-order chi connectivity index (χ0) is 22.8. The van der Waals surface area contributed by atoms with Gasteiger partial charge in [-0.3, -0.25) is 4.99 Å². The lowest BCUT2D eigenvalue weighted by atomic mass is 9.69. The summed E-state index contributed by atoms with van der Waals surface area (Å²) in [5.74, 6) is 2.49. The second-order valence-electron chi connectivity index (χ2n) is 9.09. The Kier molecular flexibility index (Phi) is 9.48. The van der Waals surface area contributed by atoms with Gasteiger partial charge in [0, 0.05) is 51.8 Å². The van der Waals surface area contributed by atoms with Crippen LogP contribution in [0.3, 0.4) is 0 Å². The molecule has 0 radical (unpaired) electrons. The van der Waals surface area contributed by atoms with E-state index in [1.807, 2.05) is 13.1 Å². The van der Waals surface area contributed by atoms with E-state index in [0.29, 0.717) is 6.04 Å². The van der Waals surface area contributed by atoms with Crippen molar-refractivity contribution in [3.05, 3.63) is 23.8 Å². The summed E-state index contributed by atoms with van der Waals surface area (Å²) < 4.78 is 16.3. The molecule has 180 valence electrons. The third-order valence-corrected chi connectivity index (χ3v) is 7.16. The predicted molar refractivity (Wildman–Crippen MR) is 130 cm³/mol. The standard InChI is InChI=1S/C25H42N4O3/c1-26-24(28-21-10-14-29(15-11-21)16-17-30-2)27-19-25(12-6-5-7-13-25)20-8-9-22(31-3)23(18-20)32-4/h8-9,18,21H,5-7,10-17,19H2,1-4H3,(H2,26,27,28). The fourth-order valence-corrected chi connectivity index (χ4v) is 5.12. The Morgan fingerprint density at radius 2 is 1.78 bits per heavy atom. The molecule has 0 atom stereocenters. The monoisotopic (exact) mass is 446 g/mol. The second-order valence-corrected chi connectivity index (χ2v) is 9.09. The number of nitrogens with zero attached hydrogens (tertiary/aromatic N) is 2. The number of hydrogen-bond acceptors (Lipinski definition) is 5. The first kappa shape index (κ1) is 24.6. The average molecular weight is 447 g/mol. The molecule has 0 spiro atoms. The first-order valence-electron chi connectivity index (χ1n) is 12.0. The highest BCUT2D eigenvalue weighted by Crippen LogP contribution is 2.42. The summed E-state index contributed by atoms with van der Waals surface area (Å²) in [6, 6.07) is 6.87. The highest BCUT2D eigenvalue weighted by atomic mass is 16.5. The van der Waals surface area contributed by atoms with Crippen molar-refractivity contribution in [2.45, 2.75) is 56.4 Å². The number of aliphatic imine (C=N–C) groups is 1. The number of methoxy groups -OCH3 is 3. The largest absolute Gasteiger partial charge is 0.493 e. The third-order valence-electron chi connectivity index (χ3n) is 7.16. The van der Waals surface area contributed by atoms with Crippen LogP contribution in [0.25, 0.3) is 0 Å². The number of guanidine groups is 1. The topological polar surface area (TPSA) is 67.4 Å². The summed E-state index contributed by atoms with van der Waals surface area (Å²) in [4.78, 5) is 7.02. The Morgan fingerprint density at radius 3 is 2.41 bits per heavy atom. The summed E-state index contributed by atoms with van der Waals surface area (Å²) in [6.07, 6.45) is 8.42. The van der Waals surface area contributed by atoms with E-state index in [-0.39, 0.29) is 5.41 Å². The van der Waals surface area contributed by atoms with E-state index in [4.69, 9.17) is 14.2 Å². The molecule has 2 aliphatic rings. The highest BCUT2D eigenvalue weighted by Gasteiger charge is 2.35. The SMILES string of the molecule is CN=C(NCC1(c2ccc(OC)c(OC)c2)CCCCC1)NC1CCN(CCOC)CC1. The van der Waals surface area contributed by atoms with Gasteiger partial charge in [-0.05, 0) is 43.4 Å². The number of rotatable bonds is 9. The van der Waals surface area contributed by atoms with E-state index in [0.717, 1.165) is 63.1 Å². The summed E-state index contributed by atoms with van der Waals surface area (Å²) in [7, 11) is 7.03. The van der Waals surface area contributed by atoms with Crippen LogP contribution in [0.4, 0.5) is 0 Å². The van der Waals surface area contributed by atoms with Crippen LogP contribution in [0.1, 0.15) is 50.5 Å². The van der Waals surface area contributed by atoms with Crippen LogP contribution in [-0.4, -0.2) is 78.1 Å². The first-order chi connectivity index (χ1) is 15.6. The van der Waals surface area contributed by atoms with Crippen molar-refractivity contribution in [1.82, 2.24) is 15.5 Å². The number of piperidine rings is 1. The molecule has 0 bridgehead atoms. The normalized spacial score (nSPS) is 20.1. The first-order valence-corrected chi connectivity index (χ1v) is 12.0. The molecule has 32 heavy (non-hydrogen) atoms. The number of nitrogens with one attached hydrogen (secondary N) is 2. The lowest BCUT2D eigenvalue weighted by Gasteiger charge is -2.39. The van der Waals surface area contributed by atoms with Crippen LogP contribution in [0, 0.1) is 0 Å². The molecular weight excluding hydrogens is 404 g/mol. The summed E-state index contributed by atoms with van der Waals surface area (Å²) in [5.41, 5.74) is 1.41. The van der Waals surface area contributed by atoms with Crippen molar-refractivity contribution >= 4 is 5.96 Å². The quantitative estimate of drug-likeness (QED) is 0.449. The van der Waals surface area contributed by atoms with Gasteiger partial charge >= 0.3 is 0 Å². The van der Waals surface area contributed by atoms with Crippen LogP contribution < -0.4 is 20.1 Å². The maximum atomic E-state index is 5.60. The minimum Gasteiger partial charge on any atom is -0.493 e. The number of hydrogen-bond donors (Lipinski definition) is 2. The summed E-state index contributed by atoms with van der Waals surface area (Å²) >= 11 is 0. The minimum atomic E-state index is 0.0823. The Morgan fingerprint density at radius 1 is 1.06 bits per heavy atom. The molecule has 0 unspecified atom stereocenters. The van der Waals surface area contributed by atoms with Gasteiger partial charge in [-0.25, -0.2) is 0 Å². The van der Waals surface area contributed by atoms with Crippen molar-refractivity contribution in [2.75, 3.05) is 61.2 Å². The Labute approximate surface area is 193 Å². The van der Waals surface area contributed by atoms with Crippen LogP contribution in [0.2, 0.25) is 0 Å². The molecule has 1 saturated heterocycles. The second kappa shape index (κ2) is 12.3. The van der Waals surface area contributed by atoms with E-state index in [1.165, 1.54) is 37.7 Å². The van der Waals surface area contributed by atoms with Gasteiger partial charge in [0.05, 0.1) is 20.8 Å². The summed E-state index contributed by atoms with van der Waals surface area (Å²) in [6.45, 7) is 4.90. The molecule has 1 heterocycles. The van der Waals surface area contributed by atoms with Gasteiger partial charge in [-0.1, -0.05) is 25.3 Å². The number of likely N-dealkylation sites (tertiary alicyclic amines) is 1. The van der Waals surface area contributed by atoms with Crippen molar-refractivity contribution in [3.8, 4) is 11.5 Å². The molecule has 7 heteroatoms. The zero-order valence-electron chi connectivity index (χ0n) is 20.4. The van der Waals surface area contributed by atoms with Gasteiger partial charge < -0.3 is 29.7 Å². The van der Waals surface area contributed by atoms with Crippen molar-refractivity contribution < 1.29 is 14.2 Å². The molecule has 7 nitrogen and oxygen atoms in total. The van der Waals surface area contributed by atoms with E-state index in [2.05, 4.69) is 32.7 Å². The summed E-state index contributed by atoms with van der Waals surface area (Å²) in [5, 5.41) is 7.34. The maximum absolute atomic E-state index is 5.60. The van der Waals surface area contributed by atoms with E-state index in [1.54, 1.807) is 21.3 Å². The van der Waals surface area contributed by atoms with E-state index < -0.39 is 0 Å². The molecule has 1 aliphatic carbocycles. The lowest BCUT2D eigenvalue weighted by molar-refractivity contribution is 0.128. The number of ether oxygens (including phenoxy) is 3. The fraction of sp³-hybridized carbons (Fsp3) is 0.720. The van der Waals surface area contributed by atoms with Crippen LogP contribution in [0.5, 0.6) is 11.5 Å². The predicted octanol–water partition coefficient (Wildman–Crippen LogP) is 3.18. The van der Waals surface area contributed by atoms with Crippen molar-refractivity contribution in [2.24, 2.45) is 4.99 Å². The Hall–Kier alpha value is -1.99. The molecule has 1 aromatic carbocycles. The Balaban J connectivity index is 1.62. The maximum Gasteiger partial charge on any atom is 0.191 e. The van der Waals surface area contributed by atoms with Gasteiger partial charge in [0.15, 0.2) is 17.5 Å². The Bertz CT molecular complexity index is 726. The lowest BCUT2D eigenvalue weighted by Crippen LogP contribution is -2.51. The molecule has 2 fully saturated rings. The van der Waals surface area contributed by atoms with Gasteiger partial charge in [-0.2, -0.15) is 0 Å². The third kappa shape index (κ3) is 6.29. The minimum absolute atomic E-state index is 0.0823.